The fourth-order valence-corrected chi connectivity index (χ4v) is 1.71. The van der Waals surface area contributed by atoms with Crippen molar-refractivity contribution in [2.75, 3.05) is 6.61 Å². The second-order valence-electron chi connectivity index (χ2n) is 4.04. The van der Waals surface area contributed by atoms with Gasteiger partial charge in [-0.25, -0.2) is 0 Å². The Hall–Kier alpha value is -2.36. The Balaban J connectivity index is 2.37. The highest BCUT2D eigenvalue weighted by atomic mass is 16.5. The van der Waals surface area contributed by atoms with Crippen molar-refractivity contribution in [1.82, 2.24) is 0 Å². The van der Waals surface area contributed by atoms with Crippen LogP contribution in [0.15, 0.2) is 36.4 Å². The average molecular weight is 260 g/mol. The molecule has 2 aromatic rings. The average Bonchev–Trinajstić information content (AvgIpc) is 2.42. The van der Waals surface area contributed by atoms with Gasteiger partial charge in [-0.3, -0.25) is 0 Å². The smallest absolute Gasteiger partial charge is 0.203 e. The molecule has 0 spiro atoms. The van der Waals surface area contributed by atoms with Crippen LogP contribution < -0.4 is 9.47 Å². The van der Waals surface area contributed by atoms with Crippen LogP contribution in [0.25, 0.3) is 0 Å². The molecule has 0 heterocycles. The molecule has 4 heteroatoms. The van der Waals surface area contributed by atoms with Crippen LogP contribution in [-0.4, -0.2) is 16.8 Å². The summed E-state index contributed by atoms with van der Waals surface area (Å²) in [6.45, 7) is 3.84. The van der Waals surface area contributed by atoms with E-state index in [1.165, 1.54) is 6.07 Å². The van der Waals surface area contributed by atoms with Crippen LogP contribution in [0.4, 0.5) is 0 Å². The number of phenolic OH excluding ortho intramolecular Hbond substituents is 2. The molecule has 19 heavy (non-hydrogen) atoms. The van der Waals surface area contributed by atoms with Crippen molar-refractivity contribution in [3.05, 3.63) is 42.0 Å². The van der Waals surface area contributed by atoms with E-state index in [0.29, 0.717) is 23.7 Å². The number of phenols is 2. The molecule has 0 bridgehead atoms. The molecule has 0 saturated carbocycles. The van der Waals surface area contributed by atoms with Gasteiger partial charge in [-0.15, -0.1) is 0 Å². The van der Waals surface area contributed by atoms with Crippen LogP contribution in [-0.2, 0) is 0 Å². The Bertz CT molecular complexity index is 564. The number of hydrogen-bond donors (Lipinski definition) is 2. The Kier molecular flexibility index (Phi) is 3.80. The standard InChI is InChI=1S/C15H16O4/c1-3-18-15-12(16)9-13(10(2)14(15)17)19-11-7-5-4-6-8-11/h4-9,16-17H,3H2,1-2H3. The molecule has 0 fully saturated rings. The third-order valence-electron chi connectivity index (χ3n) is 2.70. The minimum Gasteiger partial charge on any atom is -0.504 e. The van der Waals surface area contributed by atoms with E-state index in [1.54, 1.807) is 26.0 Å². The van der Waals surface area contributed by atoms with Gasteiger partial charge >= 0.3 is 0 Å². The molecular weight excluding hydrogens is 244 g/mol. The summed E-state index contributed by atoms with van der Waals surface area (Å²) in [5, 5.41) is 19.8. The van der Waals surface area contributed by atoms with Gasteiger partial charge in [0, 0.05) is 11.6 Å². The van der Waals surface area contributed by atoms with Crippen LogP contribution >= 0.6 is 0 Å². The van der Waals surface area contributed by atoms with E-state index < -0.39 is 0 Å². The van der Waals surface area contributed by atoms with Gasteiger partial charge in [-0.05, 0) is 26.0 Å². The van der Waals surface area contributed by atoms with Crippen LogP contribution in [0.3, 0.4) is 0 Å². The summed E-state index contributed by atoms with van der Waals surface area (Å²) < 4.78 is 10.8. The molecule has 2 N–H and O–H groups in total. The summed E-state index contributed by atoms with van der Waals surface area (Å²) in [4.78, 5) is 0. The molecule has 4 nitrogen and oxygen atoms in total. The lowest BCUT2D eigenvalue weighted by atomic mass is 10.1. The van der Waals surface area contributed by atoms with Crippen molar-refractivity contribution >= 4 is 0 Å². The van der Waals surface area contributed by atoms with E-state index in [0.717, 1.165) is 0 Å². The summed E-state index contributed by atoms with van der Waals surface area (Å²) in [6.07, 6.45) is 0. The van der Waals surface area contributed by atoms with E-state index in [4.69, 9.17) is 9.47 Å². The molecular formula is C15H16O4. The van der Waals surface area contributed by atoms with E-state index in [2.05, 4.69) is 0 Å². The normalized spacial score (nSPS) is 10.2. The first-order valence-electron chi connectivity index (χ1n) is 6.04. The lowest BCUT2D eigenvalue weighted by molar-refractivity contribution is 0.295. The van der Waals surface area contributed by atoms with Crippen molar-refractivity contribution in [1.29, 1.82) is 0 Å². The van der Waals surface area contributed by atoms with E-state index in [1.807, 2.05) is 18.2 Å². The fourth-order valence-electron chi connectivity index (χ4n) is 1.71. The molecule has 0 aromatic heterocycles. The number of para-hydroxylation sites is 1. The summed E-state index contributed by atoms with van der Waals surface area (Å²) in [6, 6.07) is 10.6. The largest absolute Gasteiger partial charge is 0.504 e. The maximum Gasteiger partial charge on any atom is 0.203 e. The quantitative estimate of drug-likeness (QED) is 0.881. The van der Waals surface area contributed by atoms with Gasteiger partial charge in [0.25, 0.3) is 0 Å². The van der Waals surface area contributed by atoms with E-state index in [-0.39, 0.29) is 17.2 Å². The second kappa shape index (κ2) is 5.52. The third-order valence-corrected chi connectivity index (χ3v) is 2.70. The molecule has 0 saturated heterocycles. The predicted octanol–water partition coefficient (Wildman–Crippen LogP) is 3.60. The molecule has 0 atom stereocenters. The Morgan fingerprint density at radius 1 is 1.11 bits per heavy atom. The topological polar surface area (TPSA) is 58.9 Å². The van der Waals surface area contributed by atoms with Crippen molar-refractivity contribution in [2.45, 2.75) is 13.8 Å². The van der Waals surface area contributed by atoms with E-state index in [9.17, 15) is 10.2 Å². The number of hydrogen-bond acceptors (Lipinski definition) is 4. The third kappa shape index (κ3) is 2.73. The molecule has 2 aromatic carbocycles. The van der Waals surface area contributed by atoms with Crippen LogP contribution in [0.5, 0.6) is 28.7 Å². The summed E-state index contributed by atoms with van der Waals surface area (Å²) in [5.41, 5.74) is 0.519. The zero-order chi connectivity index (χ0) is 13.8. The van der Waals surface area contributed by atoms with Gasteiger partial charge in [-0.2, -0.15) is 0 Å². The van der Waals surface area contributed by atoms with Crippen molar-refractivity contribution < 1.29 is 19.7 Å². The Labute approximate surface area is 111 Å². The lowest BCUT2D eigenvalue weighted by Gasteiger charge is -2.14. The van der Waals surface area contributed by atoms with Gasteiger partial charge in [0.2, 0.25) is 5.75 Å². The maximum atomic E-state index is 10.0. The minimum atomic E-state index is -0.143. The molecule has 0 aliphatic carbocycles. The van der Waals surface area contributed by atoms with Crippen molar-refractivity contribution in [2.24, 2.45) is 0 Å². The SMILES string of the molecule is CCOc1c(O)cc(Oc2ccccc2)c(C)c1O. The molecule has 0 aliphatic rings. The molecule has 2 rings (SSSR count). The first kappa shape index (κ1) is 13.1. The highest BCUT2D eigenvalue weighted by Crippen LogP contribution is 2.44. The number of rotatable bonds is 4. The zero-order valence-electron chi connectivity index (χ0n) is 10.9. The number of aromatic hydroxyl groups is 2. The predicted molar refractivity (Wildman–Crippen MR) is 72.2 cm³/mol. The van der Waals surface area contributed by atoms with Gasteiger partial charge in [-0.1, -0.05) is 18.2 Å². The molecule has 0 aliphatic heterocycles. The van der Waals surface area contributed by atoms with Gasteiger partial charge < -0.3 is 19.7 Å². The van der Waals surface area contributed by atoms with Crippen LogP contribution in [0.1, 0.15) is 12.5 Å². The minimum absolute atomic E-state index is 0.0837. The van der Waals surface area contributed by atoms with E-state index >= 15 is 0 Å². The van der Waals surface area contributed by atoms with Crippen LogP contribution in [0, 0.1) is 6.92 Å². The highest BCUT2D eigenvalue weighted by molar-refractivity contribution is 5.60. The maximum absolute atomic E-state index is 10.0. The fraction of sp³-hybridized carbons (Fsp3) is 0.200. The number of ether oxygens (including phenoxy) is 2. The van der Waals surface area contributed by atoms with Gasteiger partial charge in [0.15, 0.2) is 11.5 Å². The second-order valence-corrected chi connectivity index (χ2v) is 4.04. The van der Waals surface area contributed by atoms with Crippen molar-refractivity contribution in [3.63, 3.8) is 0 Å². The zero-order valence-corrected chi connectivity index (χ0v) is 10.9. The monoisotopic (exact) mass is 260 g/mol. The molecule has 0 amide bonds. The molecule has 0 radical (unpaired) electrons. The van der Waals surface area contributed by atoms with Crippen molar-refractivity contribution in [3.8, 4) is 28.7 Å². The molecule has 0 unspecified atom stereocenters. The summed E-state index contributed by atoms with van der Waals surface area (Å²) in [7, 11) is 0. The Morgan fingerprint density at radius 3 is 2.42 bits per heavy atom. The summed E-state index contributed by atoms with van der Waals surface area (Å²) in [5.74, 6) is 0.863. The molecule has 100 valence electrons. The van der Waals surface area contributed by atoms with Gasteiger partial charge in [0.05, 0.1) is 6.61 Å². The lowest BCUT2D eigenvalue weighted by Crippen LogP contribution is -1.95. The number of benzene rings is 2. The first-order chi connectivity index (χ1) is 9.13. The Morgan fingerprint density at radius 2 is 1.79 bits per heavy atom. The highest BCUT2D eigenvalue weighted by Gasteiger charge is 2.17. The van der Waals surface area contributed by atoms with Gasteiger partial charge in [0.1, 0.15) is 11.5 Å². The first-order valence-corrected chi connectivity index (χ1v) is 6.04. The van der Waals surface area contributed by atoms with Crippen LogP contribution in [0.2, 0.25) is 0 Å². The summed E-state index contributed by atoms with van der Waals surface area (Å²) >= 11 is 0.